The van der Waals surface area contributed by atoms with Gasteiger partial charge < -0.3 is 16.4 Å². The van der Waals surface area contributed by atoms with Gasteiger partial charge in [-0.2, -0.15) is 0 Å². The van der Waals surface area contributed by atoms with Crippen molar-refractivity contribution in [1.29, 1.82) is 0 Å². The van der Waals surface area contributed by atoms with Gasteiger partial charge in [-0.05, 0) is 25.2 Å². The van der Waals surface area contributed by atoms with Crippen molar-refractivity contribution in [2.24, 2.45) is 11.7 Å². The molecule has 4 N–H and O–H groups in total. The minimum absolute atomic E-state index is 0.00484. The molecule has 5 nitrogen and oxygen atoms in total. The van der Waals surface area contributed by atoms with Gasteiger partial charge in [0.25, 0.3) is 0 Å². The average Bonchev–Trinajstić information content (AvgIpc) is 3.00. The number of nitrogens with two attached hydrogens (primary N) is 1. The van der Waals surface area contributed by atoms with Crippen LogP contribution in [0.5, 0.6) is 0 Å². The van der Waals surface area contributed by atoms with E-state index in [1.165, 1.54) is 0 Å². The van der Waals surface area contributed by atoms with Gasteiger partial charge in [0.15, 0.2) is 0 Å². The first-order valence-electron chi connectivity index (χ1n) is 6.31. The van der Waals surface area contributed by atoms with Crippen molar-refractivity contribution >= 4 is 11.8 Å². The van der Waals surface area contributed by atoms with E-state index in [0.717, 1.165) is 12.8 Å². The van der Waals surface area contributed by atoms with Gasteiger partial charge in [0.05, 0.1) is 6.04 Å². The van der Waals surface area contributed by atoms with Gasteiger partial charge in [-0.3, -0.25) is 9.59 Å². The lowest BCUT2D eigenvalue weighted by atomic mass is 10.0. The summed E-state index contributed by atoms with van der Waals surface area (Å²) >= 11 is 0. The SMILES string of the molecule is CC(C)C[C@H](N)C(=O)NCCC(=O)NC1CC1. The highest BCUT2D eigenvalue weighted by Gasteiger charge is 2.23. The molecule has 0 aromatic carbocycles. The van der Waals surface area contributed by atoms with Crippen molar-refractivity contribution in [2.45, 2.75) is 51.6 Å². The third kappa shape index (κ3) is 6.26. The van der Waals surface area contributed by atoms with Crippen LogP contribution in [-0.4, -0.2) is 30.4 Å². The van der Waals surface area contributed by atoms with E-state index < -0.39 is 6.04 Å². The minimum Gasteiger partial charge on any atom is -0.354 e. The van der Waals surface area contributed by atoms with Crippen molar-refractivity contribution < 1.29 is 9.59 Å². The molecule has 0 bridgehead atoms. The topological polar surface area (TPSA) is 84.2 Å². The lowest BCUT2D eigenvalue weighted by molar-refractivity contribution is -0.123. The van der Waals surface area contributed by atoms with E-state index in [9.17, 15) is 9.59 Å². The fourth-order valence-electron chi connectivity index (χ4n) is 1.57. The first-order chi connectivity index (χ1) is 7.99. The molecule has 0 saturated heterocycles. The number of carbonyl (C=O) groups is 2. The molecular weight excluding hydrogens is 218 g/mol. The molecule has 1 saturated carbocycles. The van der Waals surface area contributed by atoms with Crippen molar-refractivity contribution in [2.75, 3.05) is 6.54 Å². The minimum atomic E-state index is -0.471. The first kappa shape index (κ1) is 14.0. The number of nitrogens with one attached hydrogen (secondary N) is 2. The van der Waals surface area contributed by atoms with Crippen LogP contribution in [0.2, 0.25) is 0 Å². The third-order valence-corrected chi connectivity index (χ3v) is 2.66. The molecule has 2 amide bonds. The summed E-state index contributed by atoms with van der Waals surface area (Å²) < 4.78 is 0. The first-order valence-corrected chi connectivity index (χ1v) is 6.31. The van der Waals surface area contributed by atoms with Crippen molar-refractivity contribution in [1.82, 2.24) is 10.6 Å². The zero-order valence-corrected chi connectivity index (χ0v) is 10.7. The maximum Gasteiger partial charge on any atom is 0.236 e. The Balaban J connectivity index is 2.07. The predicted octanol–water partition coefficient (Wildman–Crippen LogP) is 0.145. The van der Waals surface area contributed by atoms with Gasteiger partial charge in [0.1, 0.15) is 0 Å². The molecule has 0 unspecified atom stereocenters. The predicted molar refractivity (Wildman–Crippen MR) is 66.2 cm³/mol. The number of hydrogen-bond acceptors (Lipinski definition) is 3. The Morgan fingerprint density at radius 3 is 2.53 bits per heavy atom. The summed E-state index contributed by atoms with van der Waals surface area (Å²) in [5, 5.41) is 5.56. The van der Waals surface area contributed by atoms with Gasteiger partial charge in [-0.1, -0.05) is 13.8 Å². The van der Waals surface area contributed by atoms with Gasteiger partial charge in [-0.15, -0.1) is 0 Å². The summed E-state index contributed by atoms with van der Waals surface area (Å²) in [5.74, 6) is 0.233. The molecule has 0 aromatic heterocycles. The maximum atomic E-state index is 11.5. The molecule has 1 aliphatic rings. The smallest absolute Gasteiger partial charge is 0.236 e. The third-order valence-electron chi connectivity index (χ3n) is 2.66. The summed E-state index contributed by atoms with van der Waals surface area (Å²) in [6, 6.07) is -0.0945. The molecule has 1 fully saturated rings. The van der Waals surface area contributed by atoms with Gasteiger partial charge in [0, 0.05) is 19.0 Å². The molecule has 0 heterocycles. The van der Waals surface area contributed by atoms with E-state index in [2.05, 4.69) is 10.6 Å². The van der Waals surface area contributed by atoms with Crippen LogP contribution in [-0.2, 0) is 9.59 Å². The Hall–Kier alpha value is -1.10. The van der Waals surface area contributed by atoms with Crippen molar-refractivity contribution in [3.05, 3.63) is 0 Å². The van der Waals surface area contributed by atoms with Gasteiger partial charge in [0.2, 0.25) is 11.8 Å². The van der Waals surface area contributed by atoms with Crippen LogP contribution in [0, 0.1) is 5.92 Å². The monoisotopic (exact) mass is 241 g/mol. The molecule has 1 aliphatic carbocycles. The molecule has 98 valence electrons. The second kappa shape index (κ2) is 6.59. The van der Waals surface area contributed by atoms with Crippen LogP contribution < -0.4 is 16.4 Å². The summed E-state index contributed by atoms with van der Waals surface area (Å²) in [6.07, 6.45) is 3.16. The van der Waals surface area contributed by atoms with E-state index in [1.54, 1.807) is 0 Å². The van der Waals surface area contributed by atoms with Crippen LogP contribution in [0.25, 0.3) is 0 Å². The molecule has 0 spiro atoms. The van der Waals surface area contributed by atoms with E-state index in [1.807, 2.05) is 13.8 Å². The zero-order chi connectivity index (χ0) is 12.8. The standard InChI is InChI=1S/C12H23N3O2/c1-8(2)7-10(13)12(17)14-6-5-11(16)15-9-3-4-9/h8-10H,3-7,13H2,1-2H3,(H,14,17)(H,15,16)/t10-/m0/s1. The molecule has 0 radical (unpaired) electrons. The number of carbonyl (C=O) groups excluding carboxylic acids is 2. The number of hydrogen-bond donors (Lipinski definition) is 3. The van der Waals surface area contributed by atoms with Crippen LogP contribution >= 0.6 is 0 Å². The Kier molecular flexibility index (Phi) is 5.41. The fraction of sp³-hybridized carbons (Fsp3) is 0.833. The largest absolute Gasteiger partial charge is 0.354 e. The van der Waals surface area contributed by atoms with Crippen LogP contribution in [0.4, 0.5) is 0 Å². The molecule has 1 atom stereocenters. The van der Waals surface area contributed by atoms with Gasteiger partial charge >= 0.3 is 0 Å². The molecular formula is C12H23N3O2. The van der Waals surface area contributed by atoms with Crippen molar-refractivity contribution in [3.63, 3.8) is 0 Å². The molecule has 0 aliphatic heterocycles. The van der Waals surface area contributed by atoms with E-state index >= 15 is 0 Å². The summed E-state index contributed by atoms with van der Waals surface area (Å²) in [5.41, 5.74) is 5.71. The normalized spacial score (nSPS) is 16.7. The summed E-state index contributed by atoms with van der Waals surface area (Å²) in [4.78, 5) is 22.9. The zero-order valence-electron chi connectivity index (χ0n) is 10.7. The summed E-state index contributed by atoms with van der Waals surface area (Å²) in [6.45, 7) is 4.41. The number of rotatable bonds is 7. The quantitative estimate of drug-likeness (QED) is 0.593. The van der Waals surface area contributed by atoms with E-state index in [0.29, 0.717) is 31.3 Å². The Morgan fingerprint density at radius 2 is 2.00 bits per heavy atom. The molecule has 17 heavy (non-hydrogen) atoms. The highest BCUT2D eigenvalue weighted by molar-refractivity contribution is 5.82. The molecule has 1 rings (SSSR count). The summed E-state index contributed by atoms with van der Waals surface area (Å²) in [7, 11) is 0. The lowest BCUT2D eigenvalue weighted by Crippen LogP contribution is -2.42. The maximum absolute atomic E-state index is 11.5. The van der Waals surface area contributed by atoms with E-state index in [4.69, 9.17) is 5.73 Å². The fourth-order valence-corrected chi connectivity index (χ4v) is 1.57. The van der Waals surface area contributed by atoms with Crippen LogP contribution in [0.3, 0.4) is 0 Å². The van der Waals surface area contributed by atoms with Crippen LogP contribution in [0.15, 0.2) is 0 Å². The average molecular weight is 241 g/mol. The van der Waals surface area contributed by atoms with Crippen molar-refractivity contribution in [3.8, 4) is 0 Å². The molecule has 0 aromatic rings. The molecule has 5 heteroatoms. The highest BCUT2D eigenvalue weighted by atomic mass is 16.2. The van der Waals surface area contributed by atoms with E-state index in [-0.39, 0.29) is 11.8 Å². The van der Waals surface area contributed by atoms with Gasteiger partial charge in [-0.25, -0.2) is 0 Å². The lowest BCUT2D eigenvalue weighted by Gasteiger charge is -2.13. The van der Waals surface area contributed by atoms with Crippen LogP contribution in [0.1, 0.15) is 39.5 Å². The number of amides is 2. The second-order valence-corrected chi connectivity index (χ2v) is 5.12. The Bertz CT molecular complexity index is 275. The Labute approximate surface area is 103 Å². The highest BCUT2D eigenvalue weighted by Crippen LogP contribution is 2.18. The second-order valence-electron chi connectivity index (χ2n) is 5.12. The Morgan fingerprint density at radius 1 is 1.35 bits per heavy atom.